The van der Waals surface area contributed by atoms with E-state index in [1.54, 1.807) is 30.3 Å². The van der Waals surface area contributed by atoms with Gasteiger partial charge in [-0.2, -0.15) is 0 Å². The summed E-state index contributed by atoms with van der Waals surface area (Å²) in [5.41, 5.74) is 0.969. The third-order valence-corrected chi connectivity index (χ3v) is 5.28. The Morgan fingerprint density at radius 3 is 2.38 bits per heavy atom. The quantitative estimate of drug-likeness (QED) is 0.803. The molecule has 0 aliphatic rings. The van der Waals surface area contributed by atoms with Crippen LogP contribution in [0.2, 0.25) is 0 Å². The van der Waals surface area contributed by atoms with Crippen molar-refractivity contribution in [2.75, 3.05) is 11.4 Å². The number of sulfonamides is 1. The van der Waals surface area contributed by atoms with E-state index in [9.17, 15) is 12.8 Å². The van der Waals surface area contributed by atoms with Gasteiger partial charge in [0.2, 0.25) is 0 Å². The van der Waals surface area contributed by atoms with Gasteiger partial charge in [-0.1, -0.05) is 18.2 Å². The molecule has 0 saturated heterocycles. The lowest BCUT2D eigenvalue weighted by atomic mass is 10.1. The molecule has 0 amide bonds. The summed E-state index contributed by atoms with van der Waals surface area (Å²) in [5, 5.41) is 0. The van der Waals surface area contributed by atoms with Crippen LogP contribution in [0.5, 0.6) is 0 Å². The summed E-state index contributed by atoms with van der Waals surface area (Å²) >= 11 is 5.67. The van der Waals surface area contributed by atoms with E-state index in [1.807, 2.05) is 0 Å². The Bertz CT molecular complexity index is 748. The fourth-order valence-corrected chi connectivity index (χ4v) is 3.51. The van der Waals surface area contributed by atoms with Crippen LogP contribution in [0.1, 0.15) is 11.1 Å². The van der Waals surface area contributed by atoms with Gasteiger partial charge in [0.25, 0.3) is 10.0 Å². The fourth-order valence-electron chi connectivity index (χ4n) is 1.99. The molecule has 2 rings (SSSR count). The highest BCUT2D eigenvalue weighted by Gasteiger charge is 2.23. The Morgan fingerprint density at radius 1 is 1.19 bits per heavy atom. The van der Waals surface area contributed by atoms with Crippen molar-refractivity contribution in [3.05, 3.63) is 59.4 Å². The van der Waals surface area contributed by atoms with Crippen LogP contribution >= 0.6 is 11.6 Å². The van der Waals surface area contributed by atoms with Crippen LogP contribution in [0.4, 0.5) is 10.1 Å². The Morgan fingerprint density at radius 2 is 1.81 bits per heavy atom. The second-order valence-electron chi connectivity index (χ2n) is 4.65. The molecule has 0 bridgehead atoms. The molecule has 0 atom stereocenters. The van der Waals surface area contributed by atoms with Crippen LogP contribution in [0.25, 0.3) is 0 Å². The average molecular weight is 328 g/mol. The molecule has 21 heavy (non-hydrogen) atoms. The first-order valence-corrected chi connectivity index (χ1v) is 8.24. The molecule has 3 nitrogen and oxygen atoms in total. The maximum absolute atomic E-state index is 13.8. The van der Waals surface area contributed by atoms with Gasteiger partial charge < -0.3 is 0 Å². The van der Waals surface area contributed by atoms with Crippen LogP contribution < -0.4 is 4.31 Å². The van der Waals surface area contributed by atoms with Gasteiger partial charge in [-0.15, -0.1) is 11.6 Å². The summed E-state index contributed by atoms with van der Waals surface area (Å²) in [5.74, 6) is -0.545. The van der Waals surface area contributed by atoms with Gasteiger partial charge in [0.15, 0.2) is 0 Å². The zero-order valence-electron chi connectivity index (χ0n) is 11.7. The van der Waals surface area contributed by atoms with Crippen molar-refractivity contribution in [3.63, 3.8) is 0 Å². The monoisotopic (exact) mass is 327 g/mol. The zero-order chi connectivity index (χ0) is 15.6. The van der Waals surface area contributed by atoms with E-state index in [4.69, 9.17) is 11.6 Å². The molecule has 0 aromatic heterocycles. The van der Waals surface area contributed by atoms with Crippen LogP contribution in [0.15, 0.2) is 47.4 Å². The summed E-state index contributed by atoms with van der Waals surface area (Å²) < 4.78 is 40.2. The number of nitrogens with zero attached hydrogens (tertiary/aromatic N) is 1. The minimum Gasteiger partial charge on any atom is -0.269 e. The first kappa shape index (κ1) is 15.8. The van der Waals surface area contributed by atoms with Gasteiger partial charge >= 0.3 is 0 Å². The summed E-state index contributed by atoms with van der Waals surface area (Å²) in [4.78, 5) is 0.0309. The third-order valence-electron chi connectivity index (χ3n) is 3.23. The molecule has 2 aromatic rings. The van der Waals surface area contributed by atoms with E-state index in [-0.39, 0.29) is 21.9 Å². The Hall–Kier alpha value is -1.59. The lowest BCUT2D eigenvalue weighted by Gasteiger charge is -2.20. The standard InChI is InChI=1S/C15H15ClFNO2S/c1-11-8-14(9-12(10-16)15(11)17)21(19,20)18(2)13-6-4-3-5-7-13/h3-9H,10H2,1-2H3. The molecule has 0 fully saturated rings. The molecule has 112 valence electrons. The third kappa shape index (κ3) is 3.04. The van der Waals surface area contributed by atoms with Crippen molar-refractivity contribution in [3.8, 4) is 0 Å². The molecule has 0 aliphatic heterocycles. The number of para-hydroxylation sites is 1. The van der Waals surface area contributed by atoms with Crippen LogP contribution in [-0.2, 0) is 15.9 Å². The van der Waals surface area contributed by atoms with E-state index in [2.05, 4.69) is 0 Å². The highest BCUT2D eigenvalue weighted by Crippen LogP contribution is 2.25. The zero-order valence-corrected chi connectivity index (χ0v) is 13.2. The molecule has 0 saturated carbocycles. The van der Waals surface area contributed by atoms with E-state index in [0.29, 0.717) is 5.69 Å². The smallest absolute Gasteiger partial charge is 0.264 e. The minimum absolute atomic E-state index is 0.0309. The highest BCUT2D eigenvalue weighted by molar-refractivity contribution is 7.92. The fraction of sp³-hybridized carbons (Fsp3) is 0.200. The van der Waals surface area contributed by atoms with E-state index in [1.165, 1.54) is 26.1 Å². The number of benzene rings is 2. The largest absolute Gasteiger partial charge is 0.269 e. The molecule has 0 heterocycles. The predicted molar refractivity (Wildman–Crippen MR) is 82.7 cm³/mol. The van der Waals surface area contributed by atoms with Gasteiger partial charge in [-0.05, 0) is 36.8 Å². The summed E-state index contributed by atoms with van der Waals surface area (Å²) in [6.07, 6.45) is 0. The maximum atomic E-state index is 13.8. The summed E-state index contributed by atoms with van der Waals surface area (Å²) in [6.45, 7) is 1.52. The molecule has 0 radical (unpaired) electrons. The van der Waals surface area contributed by atoms with Crippen molar-refractivity contribution < 1.29 is 12.8 Å². The molecule has 2 aromatic carbocycles. The first-order valence-electron chi connectivity index (χ1n) is 6.27. The number of rotatable bonds is 4. The van der Waals surface area contributed by atoms with Gasteiger partial charge in [-0.25, -0.2) is 12.8 Å². The number of hydrogen-bond acceptors (Lipinski definition) is 2. The lowest BCUT2D eigenvalue weighted by molar-refractivity contribution is 0.590. The molecule has 0 spiro atoms. The van der Waals surface area contributed by atoms with Crippen LogP contribution in [0.3, 0.4) is 0 Å². The number of alkyl halides is 1. The normalized spacial score (nSPS) is 11.4. The molecule has 0 unspecified atom stereocenters. The van der Waals surface area contributed by atoms with Crippen LogP contribution in [-0.4, -0.2) is 15.5 Å². The maximum Gasteiger partial charge on any atom is 0.264 e. The molecular weight excluding hydrogens is 313 g/mol. The highest BCUT2D eigenvalue weighted by atomic mass is 35.5. The number of aryl methyl sites for hydroxylation is 1. The van der Waals surface area contributed by atoms with Crippen molar-refractivity contribution in [2.24, 2.45) is 0 Å². The van der Waals surface area contributed by atoms with Gasteiger partial charge in [0, 0.05) is 12.6 Å². The average Bonchev–Trinajstić information content (AvgIpc) is 2.49. The Labute approximate surface area is 129 Å². The summed E-state index contributed by atoms with van der Waals surface area (Å²) in [7, 11) is -2.29. The second-order valence-corrected chi connectivity index (χ2v) is 6.89. The molecule has 0 aliphatic carbocycles. The lowest BCUT2D eigenvalue weighted by Crippen LogP contribution is -2.26. The van der Waals surface area contributed by atoms with Crippen molar-refractivity contribution in [1.29, 1.82) is 0 Å². The molecule has 0 N–H and O–H groups in total. The second kappa shape index (κ2) is 6.03. The van der Waals surface area contributed by atoms with E-state index in [0.717, 1.165) is 4.31 Å². The van der Waals surface area contributed by atoms with Crippen molar-refractivity contribution in [1.82, 2.24) is 0 Å². The van der Waals surface area contributed by atoms with Gasteiger partial charge in [0.1, 0.15) is 5.82 Å². The Balaban J connectivity index is 2.52. The van der Waals surface area contributed by atoms with Gasteiger partial charge in [0.05, 0.1) is 16.5 Å². The van der Waals surface area contributed by atoms with E-state index < -0.39 is 15.8 Å². The minimum atomic E-state index is -3.76. The van der Waals surface area contributed by atoms with Crippen LogP contribution in [0, 0.1) is 12.7 Å². The molecular formula is C15H15ClFNO2S. The number of anilines is 1. The van der Waals surface area contributed by atoms with Crippen molar-refractivity contribution >= 4 is 27.3 Å². The van der Waals surface area contributed by atoms with Crippen molar-refractivity contribution in [2.45, 2.75) is 17.7 Å². The van der Waals surface area contributed by atoms with E-state index >= 15 is 0 Å². The first-order chi connectivity index (χ1) is 9.87. The Kier molecular flexibility index (Phi) is 4.54. The number of hydrogen-bond donors (Lipinski definition) is 0. The molecule has 6 heteroatoms. The topological polar surface area (TPSA) is 37.4 Å². The number of halogens is 2. The predicted octanol–water partition coefficient (Wildman–Crippen LogP) is 3.70. The SMILES string of the molecule is Cc1cc(S(=O)(=O)N(C)c2ccccc2)cc(CCl)c1F. The summed E-state index contributed by atoms with van der Waals surface area (Å²) in [6, 6.07) is 11.3. The van der Waals surface area contributed by atoms with Gasteiger partial charge in [-0.3, -0.25) is 4.31 Å².